The van der Waals surface area contributed by atoms with Crippen LogP contribution in [-0.2, 0) is 6.54 Å². The van der Waals surface area contributed by atoms with E-state index >= 15 is 0 Å². The van der Waals surface area contributed by atoms with Crippen molar-refractivity contribution in [2.75, 3.05) is 14.2 Å². The zero-order valence-electron chi connectivity index (χ0n) is 10.1. The van der Waals surface area contributed by atoms with E-state index in [-0.39, 0.29) is 0 Å². The topological polar surface area (TPSA) is 34.4 Å². The first-order chi connectivity index (χ1) is 8.65. The standard InChI is InChI=1S/C13H13Cl2NO2/c1-16-7-8-3-4-12(18-8)9-5-11(15)13(17-2)6-10(9)14/h3-6,16H,7H2,1-2H3. The van der Waals surface area contributed by atoms with Crippen LogP contribution in [0.25, 0.3) is 11.3 Å². The summed E-state index contributed by atoms with van der Waals surface area (Å²) in [7, 11) is 3.41. The second-order valence-electron chi connectivity index (χ2n) is 3.76. The number of hydrogen-bond acceptors (Lipinski definition) is 3. The van der Waals surface area contributed by atoms with Crippen LogP contribution >= 0.6 is 23.2 Å². The van der Waals surface area contributed by atoms with Crippen LogP contribution in [0, 0.1) is 0 Å². The Hall–Kier alpha value is -1.16. The molecular weight excluding hydrogens is 273 g/mol. The van der Waals surface area contributed by atoms with E-state index in [1.165, 1.54) is 0 Å². The molecule has 0 unspecified atom stereocenters. The fraction of sp³-hybridized carbons (Fsp3) is 0.231. The van der Waals surface area contributed by atoms with Gasteiger partial charge in [-0.05, 0) is 25.2 Å². The second-order valence-corrected chi connectivity index (χ2v) is 4.58. The highest BCUT2D eigenvalue weighted by atomic mass is 35.5. The quantitative estimate of drug-likeness (QED) is 0.923. The monoisotopic (exact) mass is 285 g/mol. The molecule has 1 aromatic carbocycles. The van der Waals surface area contributed by atoms with Crippen LogP contribution in [-0.4, -0.2) is 14.2 Å². The fourth-order valence-electron chi connectivity index (χ4n) is 1.67. The van der Waals surface area contributed by atoms with Crippen molar-refractivity contribution >= 4 is 23.2 Å². The Bertz CT molecular complexity index is 552. The van der Waals surface area contributed by atoms with Gasteiger partial charge in [0, 0.05) is 11.6 Å². The number of hydrogen-bond donors (Lipinski definition) is 1. The summed E-state index contributed by atoms with van der Waals surface area (Å²) in [5, 5.41) is 4.07. The minimum Gasteiger partial charge on any atom is -0.495 e. The van der Waals surface area contributed by atoms with Gasteiger partial charge in [-0.25, -0.2) is 0 Å². The maximum absolute atomic E-state index is 6.19. The molecule has 0 aliphatic rings. The predicted molar refractivity (Wildman–Crippen MR) is 73.5 cm³/mol. The lowest BCUT2D eigenvalue weighted by atomic mass is 10.1. The highest BCUT2D eigenvalue weighted by Crippen LogP contribution is 2.37. The Morgan fingerprint density at radius 1 is 1.22 bits per heavy atom. The first kappa shape index (κ1) is 13.3. The minimum atomic E-state index is 0.503. The van der Waals surface area contributed by atoms with Crippen LogP contribution in [0.3, 0.4) is 0 Å². The molecular formula is C13H13Cl2NO2. The maximum Gasteiger partial charge on any atom is 0.138 e. The smallest absolute Gasteiger partial charge is 0.138 e. The molecule has 3 nitrogen and oxygen atoms in total. The van der Waals surface area contributed by atoms with Gasteiger partial charge in [0.05, 0.1) is 23.7 Å². The number of ether oxygens (including phenoxy) is 1. The molecule has 0 fully saturated rings. The van der Waals surface area contributed by atoms with Crippen molar-refractivity contribution < 1.29 is 9.15 Å². The SMILES string of the molecule is CNCc1ccc(-c2cc(Cl)c(OC)cc2Cl)o1. The van der Waals surface area contributed by atoms with E-state index in [0.29, 0.717) is 28.1 Å². The summed E-state index contributed by atoms with van der Waals surface area (Å²) in [6.45, 7) is 0.668. The van der Waals surface area contributed by atoms with Gasteiger partial charge in [0.1, 0.15) is 17.3 Å². The highest BCUT2D eigenvalue weighted by molar-refractivity contribution is 6.36. The first-order valence-electron chi connectivity index (χ1n) is 5.42. The van der Waals surface area contributed by atoms with Crippen LogP contribution in [0.5, 0.6) is 5.75 Å². The maximum atomic E-state index is 6.19. The molecule has 18 heavy (non-hydrogen) atoms. The van der Waals surface area contributed by atoms with E-state index < -0.39 is 0 Å². The molecule has 0 radical (unpaired) electrons. The summed E-state index contributed by atoms with van der Waals surface area (Å²) in [5.41, 5.74) is 0.754. The Morgan fingerprint density at radius 2 is 2.00 bits per heavy atom. The predicted octanol–water partition coefficient (Wildman–Crippen LogP) is 3.98. The van der Waals surface area contributed by atoms with Crippen molar-refractivity contribution in [1.29, 1.82) is 0 Å². The van der Waals surface area contributed by atoms with Gasteiger partial charge in [0.25, 0.3) is 0 Å². The molecule has 2 aromatic rings. The minimum absolute atomic E-state index is 0.503. The summed E-state index contributed by atoms with van der Waals surface area (Å²) < 4.78 is 10.8. The molecule has 0 bridgehead atoms. The van der Waals surface area contributed by atoms with Gasteiger partial charge in [-0.1, -0.05) is 23.2 Å². The molecule has 2 rings (SSSR count). The number of methoxy groups -OCH3 is 1. The lowest BCUT2D eigenvalue weighted by Gasteiger charge is -2.07. The van der Waals surface area contributed by atoms with Gasteiger partial charge in [-0.15, -0.1) is 0 Å². The third-order valence-electron chi connectivity index (χ3n) is 2.52. The van der Waals surface area contributed by atoms with Crippen LogP contribution in [0.15, 0.2) is 28.7 Å². The van der Waals surface area contributed by atoms with E-state index in [0.717, 1.165) is 11.3 Å². The van der Waals surface area contributed by atoms with Crippen LogP contribution in [0.4, 0.5) is 0 Å². The van der Waals surface area contributed by atoms with Crippen molar-refractivity contribution in [3.8, 4) is 17.1 Å². The van der Waals surface area contributed by atoms with Gasteiger partial charge in [0.15, 0.2) is 0 Å². The van der Waals surface area contributed by atoms with Gasteiger partial charge in [-0.3, -0.25) is 0 Å². The molecule has 0 saturated carbocycles. The van der Waals surface area contributed by atoms with Gasteiger partial charge >= 0.3 is 0 Å². The lowest BCUT2D eigenvalue weighted by molar-refractivity contribution is 0.415. The van der Waals surface area contributed by atoms with Crippen molar-refractivity contribution in [2.24, 2.45) is 0 Å². The summed E-state index contributed by atoms with van der Waals surface area (Å²) in [6, 6.07) is 7.20. The molecule has 1 N–H and O–H groups in total. The Kier molecular flexibility index (Phi) is 4.17. The third kappa shape index (κ3) is 2.64. The van der Waals surface area contributed by atoms with Crippen molar-refractivity contribution in [3.05, 3.63) is 40.1 Å². The van der Waals surface area contributed by atoms with E-state index in [1.54, 1.807) is 19.2 Å². The van der Waals surface area contributed by atoms with E-state index in [1.807, 2.05) is 19.2 Å². The van der Waals surface area contributed by atoms with Gasteiger partial charge < -0.3 is 14.5 Å². The third-order valence-corrected chi connectivity index (χ3v) is 3.13. The molecule has 0 amide bonds. The molecule has 1 heterocycles. The van der Waals surface area contributed by atoms with Crippen LogP contribution < -0.4 is 10.1 Å². The zero-order chi connectivity index (χ0) is 13.1. The first-order valence-corrected chi connectivity index (χ1v) is 6.18. The van der Waals surface area contributed by atoms with E-state index in [9.17, 15) is 0 Å². The number of rotatable bonds is 4. The summed E-state index contributed by atoms with van der Waals surface area (Å²) in [5.74, 6) is 2.08. The molecule has 96 valence electrons. The molecule has 0 aliphatic carbocycles. The summed E-state index contributed by atoms with van der Waals surface area (Å²) in [6.07, 6.45) is 0. The molecule has 5 heteroatoms. The number of benzene rings is 1. The van der Waals surface area contributed by atoms with Crippen molar-refractivity contribution in [1.82, 2.24) is 5.32 Å². The second kappa shape index (κ2) is 5.65. The molecule has 1 aromatic heterocycles. The Morgan fingerprint density at radius 3 is 2.67 bits per heavy atom. The largest absolute Gasteiger partial charge is 0.495 e. The molecule has 0 aliphatic heterocycles. The summed E-state index contributed by atoms with van der Waals surface area (Å²) >= 11 is 12.3. The molecule has 0 saturated heterocycles. The average molecular weight is 286 g/mol. The van der Waals surface area contributed by atoms with Crippen molar-refractivity contribution in [2.45, 2.75) is 6.54 Å². The Labute approximate surface area is 116 Å². The number of halogens is 2. The highest BCUT2D eigenvalue weighted by Gasteiger charge is 2.12. The fourth-order valence-corrected chi connectivity index (χ4v) is 2.15. The summed E-state index contributed by atoms with van der Waals surface area (Å²) in [4.78, 5) is 0. The lowest BCUT2D eigenvalue weighted by Crippen LogP contribution is -2.03. The molecule has 0 spiro atoms. The normalized spacial score (nSPS) is 10.7. The zero-order valence-corrected chi connectivity index (χ0v) is 11.6. The Balaban J connectivity index is 2.40. The molecule has 0 atom stereocenters. The van der Waals surface area contributed by atoms with E-state index in [4.69, 9.17) is 32.4 Å². The van der Waals surface area contributed by atoms with Gasteiger partial charge in [0.2, 0.25) is 0 Å². The van der Waals surface area contributed by atoms with E-state index in [2.05, 4.69) is 5.32 Å². The van der Waals surface area contributed by atoms with Crippen LogP contribution in [0.2, 0.25) is 10.0 Å². The number of furan rings is 1. The van der Waals surface area contributed by atoms with Crippen molar-refractivity contribution in [3.63, 3.8) is 0 Å². The van der Waals surface area contributed by atoms with Crippen LogP contribution in [0.1, 0.15) is 5.76 Å². The number of nitrogens with one attached hydrogen (secondary N) is 1. The average Bonchev–Trinajstić information content (AvgIpc) is 2.80. The van der Waals surface area contributed by atoms with Gasteiger partial charge in [-0.2, -0.15) is 0 Å².